The molecule has 0 N–H and O–H groups in total. The molecule has 0 unspecified atom stereocenters. The molecule has 0 amide bonds. The van der Waals surface area contributed by atoms with Crippen molar-refractivity contribution in [3.8, 4) is 33.6 Å². The number of para-hydroxylation sites is 3. The topological polar surface area (TPSA) is 16.4 Å². The second-order valence-corrected chi connectivity index (χ2v) is 9.80. The minimum atomic E-state index is 0.846. The molecule has 0 aliphatic heterocycles. The lowest BCUT2D eigenvalue weighted by Gasteiger charge is -2.29. The summed E-state index contributed by atoms with van der Waals surface area (Å²) < 4.78 is 6.40. The molecular formula is C38H27NO. The highest BCUT2D eigenvalue weighted by molar-refractivity contribution is 5.95. The Bertz CT molecular complexity index is 1870. The summed E-state index contributed by atoms with van der Waals surface area (Å²) in [4.78, 5) is 2.36. The third-order valence-electron chi connectivity index (χ3n) is 7.28. The number of anilines is 3. The minimum absolute atomic E-state index is 0.846. The summed E-state index contributed by atoms with van der Waals surface area (Å²) in [5, 5.41) is 1.09. The van der Waals surface area contributed by atoms with E-state index in [1.807, 2.05) is 18.2 Å². The van der Waals surface area contributed by atoms with Crippen molar-refractivity contribution in [2.45, 2.75) is 0 Å². The van der Waals surface area contributed by atoms with Crippen molar-refractivity contribution in [2.24, 2.45) is 0 Å². The van der Waals surface area contributed by atoms with Crippen LogP contribution in [-0.2, 0) is 0 Å². The molecule has 0 atom stereocenters. The van der Waals surface area contributed by atoms with Crippen LogP contribution in [0.15, 0.2) is 168 Å². The monoisotopic (exact) mass is 513 g/mol. The van der Waals surface area contributed by atoms with Gasteiger partial charge in [-0.3, -0.25) is 0 Å². The smallest absolute Gasteiger partial charge is 0.137 e. The van der Waals surface area contributed by atoms with Crippen LogP contribution >= 0.6 is 0 Å². The van der Waals surface area contributed by atoms with Gasteiger partial charge in [0.2, 0.25) is 0 Å². The maximum Gasteiger partial charge on any atom is 0.137 e. The van der Waals surface area contributed by atoms with Gasteiger partial charge in [0.25, 0.3) is 0 Å². The van der Waals surface area contributed by atoms with Crippen LogP contribution in [-0.4, -0.2) is 0 Å². The number of nitrogens with zero attached hydrogens (tertiary/aromatic N) is 1. The van der Waals surface area contributed by atoms with Crippen molar-refractivity contribution in [3.05, 3.63) is 164 Å². The molecule has 0 fully saturated rings. The first-order valence-electron chi connectivity index (χ1n) is 13.5. The van der Waals surface area contributed by atoms with Gasteiger partial charge in [-0.25, -0.2) is 0 Å². The molecule has 1 heterocycles. The van der Waals surface area contributed by atoms with Crippen molar-refractivity contribution in [2.75, 3.05) is 4.90 Å². The Morgan fingerprint density at radius 2 is 0.975 bits per heavy atom. The first-order valence-corrected chi connectivity index (χ1v) is 13.5. The third-order valence-corrected chi connectivity index (χ3v) is 7.28. The Balaban J connectivity index is 1.48. The summed E-state index contributed by atoms with van der Waals surface area (Å²) in [7, 11) is 0. The number of hydrogen-bond donors (Lipinski definition) is 0. The van der Waals surface area contributed by atoms with Gasteiger partial charge >= 0.3 is 0 Å². The van der Waals surface area contributed by atoms with Crippen LogP contribution in [0.25, 0.3) is 44.5 Å². The molecule has 2 nitrogen and oxygen atoms in total. The summed E-state index contributed by atoms with van der Waals surface area (Å²) in [6.45, 7) is 0. The van der Waals surface area contributed by atoms with Crippen LogP contribution in [0.3, 0.4) is 0 Å². The zero-order valence-corrected chi connectivity index (χ0v) is 21.9. The number of rotatable bonds is 6. The maximum atomic E-state index is 6.40. The van der Waals surface area contributed by atoms with Gasteiger partial charge in [-0.1, -0.05) is 121 Å². The quantitative estimate of drug-likeness (QED) is 0.220. The van der Waals surface area contributed by atoms with E-state index in [0.717, 1.165) is 44.9 Å². The molecule has 0 saturated carbocycles. The maximum absolute atomic E-state index is 6.40. The van der Waals surface area contributed by atoms with Crippen LogP contribution in [0, 0.1) is 0 Å². The normalized spacial score (nSPS) is 11.0. The molecule has 7 aromatic rings. The molecule has 0 aliphatic rings. The number of benzene rings is 6. The third kappa shape index (κ3) is 4.46. The summed E-state index contributed by atoms with van der Waals surface area (Å²) in [5.41, 5.74) is 9.83. The second kappa shape index (κ2) is 10.4. The fraction of sp³-hybridized carbons (Fsp3) is 0. The summed E-state index contributed by atoms with van der Waals surface area (Å²) in [5.74, 6) is 0.846. The molecule has 1 aromatic heterocycles. The van der Waals surface area contributed by atoms with Gasteiger partial charge in [0.1, 0.15) is 11.3 Å². The van der Waals surface area contributed by atoms with Crippen molar-refractivity contribution in [1.29, 1.82) is 0 Å². The zero-order chi connectivity index (χ0) is 26.7. The fourth-order valence-corrected chi connectivity index (χ4v) is 5.39. The molecule has 40 heavy (non-hydrogen) atoms. The van der Waals surface area contributed by atoms with Crippen LogP contribution in [0.5, 0.6) is 0 Å². The molecule has 0 radical (unpaired) electrons. The number of hydrogen-bond acceptors (Lipinski definition) is 2. The zero-order valence-electron chi connectivity index (χ0n) is 21.9. The van der Waals surface area contributed by atoms with Crippen LogP contribution in [0.4, 0.5) is 17.1 Å². The van der Waals surface area contributed by atoms with E-state index in [2.05, 4.69) is 150 Å². The minimum Gasteiger partial charge on any atom is -0.456 e. The first kappa shape index (κ1) is 23.8. The molecule has 0 saturated heterocycles. The molecule has 6 aromatic carbocycles. The van der Waals surface area contributed by atoms with Crippen molar-refractivity contribution in [3.63, 3.8) is 0 Å². The highest BCUT2D eigenvalue weighted by atomic mass is 16.3. The lowest BCUT2D eigenvalue weighted by atomic mass is 9.99. The van der Waals surface area contributed by atoms with E-state index in [0.29, 0.717) is 0 Å². The van der Waals surface area contributed by atoms with E-state index < -0.39 is 0 Å². The molecule has 0 aliphatic carbocycles. The van der Waals surface area contributed by atoms with Gasteiger partial charge in [0, 0.05) is 22.2 Å². The van der Waals surface area contributed by atoms with Crippen LogP contribution in [0.1, 0.15) is 0 Å². The Morgan fingerprint density at radius 3 is 1.73 bits per heavy atom. The number of fused-ring (bicyclic) bond motifs is 1. The second-order valence-electron chi connectivity index (χ2n) is 9.80. The SMILES string of the molecule is c1ccc(-c2cccc(N(c3ccccc3-c3ccccc3)c3ccccc3-c3cc4ccccc4o3)c2)cc1. The van der Waals surface area contributed by atoms with Gasteiger partial charge in [0.15, 0.2) is 0 Å². The molecular weight excluding hydrogens is 486 g/mol. The van der Waals surface area contributed by atoms with Gasteiger partial charge in [-0.2, -0.15) is 0 Å². The Kier molecular flexibility index (Phi) is 6.20. The lowest BCUT2D eigenvalue weighted by molar-refractivity contribution is 0.631. The average molecular weight is 514 g/mol. The summed E-state index contributed by atoms with van der Waals surface area (Å²) in [6, 6.07) is 57.3. The Hall–Kier alpha value is -5.34. The highest BCUT2D eigenvalue weighted by Gasteiger charge is 2.22. The van der Waals surface area contributed by atoms with Gasteiger partial charge in [-0.05, 0) is 59.2 Å². The van der Waals surface area contributed by atoms with Gasteiger partial charge < -0.3 is 9.32 Å². The van der Waals surface area contributed by atoms with Crippen molar-refractivity contribution in [1.82, 2.24) is 0 Å². The van der Waals surface area contributed by atoms with E-state index in [1.54, 1.807) is 0 Å². The fourth-order valence-electron chi connectivity index (χ4n) is 5.39. The van der Waals surface area contributed by atoms with Crippen molar-refractivity contribution < 1.29 is 4.42 Å². The first-order chi connectivity index (χ1) is 19.8. The molecule has 0 bridgehead atoms. The average Bonchev–Trinajstić information content (AvgIpc) is 3.47. The standard InChI is InChI=1S/C38H27NO/c1-3-14-28(15-4-1)30-19-13-20-32(26-30)39(35-23-10-8-21-33(35)29-16-5-2-6-17-29)36-24-11-9-22-34(36)38-27-31-18-7-12-25-37(31)40-38/h1-27H. The summed E-state index contributed by atoms with van der Waals surface area (Å²) >= 11 is 0. The molecule has 190 valence electrons. The van der Waals surface area contributed by atoms with E-state index in [-0.39, 0.29) is 0 Å². The Labute approximate surface area is 234 Å². The van der Waals surface area contributed by atoms with Crippen LogP contribution < -0.4 is 4.90 Å². The molecule has 0 spiro atoms. The number of furan rings is 1. The van der Waals surface area contributed by atoms with Gasteiger partial charge in [0.05, 0.1) is 11.4 Å². The Morgan fingerprint density at radius 1 is 0.400 bits per heavy atom. The lowest BCUT2D eigenvalue weighted by Crippen LogP contribution is -2.12. The summed E-state index contributed by atoms with van der Waals surface area (Å²) in [6.07, 6.45) is 0. The highest BCUT2D eigenvalue weighted by Crippen LogP contribution is 2.45. The van der Waals surface area contributed by atoms with Crippen molar-refractivity contribution >= 4 is 28.0 Å². The predicted octanol–water partition coefficient (Wildman–Crippen LogP) is 10.9. The van der Waals surface area contributed by atoms with E-state index in [1.165, 1.54) is 16.7 Å². The van der Waals surface area contributed by atoms with E-state index in [4.69, 9.17) is 4.42 Å². The largest absolute Gasteiger partial charge is 0.456 e. The van der Waals surface area contributed by atoms with E-state index >= 15 is 0 Å². The van der Waals surface area contributed by atoms with Crippen LogP contribution in [0.2, 0.25) is 0 Å². The molecule has 2 heteroatoms. The predicted molar refractivity (Wildman–Crippen MR) is 167 cm³/mol. The van der Waals surface area contributed by atoms with Gasteiger partial charge in [-0.15, -0.1) is 0 Å². The molecule has 7 rings (SSSR count). The van der Waals surface area contributed by atoms with E-state index in [9.17, 15) is 0 Å².